The van der Waals surface area contributed by atoms with Crippen molar-refractivity contribution in [3.63, 3.8) is 0 Å². The van der Waals surface area contributed by atoms with E-state index in [1.54, 1.807) is 26.0 Å². The van der Waals surface area contributed by atoms with Crippen molar-refractivity contribution >= 4 is 11.8 Å². The quantitative estimate of drug-likeness (QED) is 0.382. The molecular formula is C25H36O5. The Kier molecular flexibility index (Phi) is 9.66. The van der Waals surface area contributed by atoms with E-state index in [1.165, 1.54) is 30.7 Å². The van der Waals surface area contributed by atoms with Crippen molar-refractivity contribution in [1.82, 2.24) is 0 Å². The van der Waals surface area contributed by atoms with Crippen LogP contribution in [0, 0.1) is 5.41 Å². The third kappa shape index (κ3) is 8.64. The van der Waals surface area contributed by atoms with Gasteiger partial charge in [-0.2, -0.15) is 0 Å². The maximum Gasteiger partial charge on any atom is 0.331 e. The highest BCUT2D eigenvalue weighted by Gasteiger charge is 2.32. The minimum absolute atomic E-state index is 0.281. The minimum atomic E-state index is -1.59. The first-order valence-electron chi connectivity index (χ1n) is 10.3. The molecule has 0 amide bonds. The van der Waals surface area contributed by atoms with Gasteiger partial charge in [0.2, 0.25) is 0 Å². The fraction of sp³-hybridized carbons (Fsp3) is 0.520. The van der Waals surface area contributed by atoms with Gasteiger partial charge in [0.15, 0.2) is 11.9 Å². The van der Waals surface area contributed by atoms with E-state index in [4.69, 9.17) is 4.74 Å². The number of allylic oxidation sites excluding steroid dienone is 6. The molecule has 0 aromatic rings. The Morgan fingerprint density at radius 1 is 1.20 bits per heavy atom. The molecule has 0 aromatic carbocycles. The predicted octanol–water partition coefficient (Wildman–Crippen LogP) is 4.37. The molecule has 1 aliphatic rings. The molecular weight excluding hydrogens is 380 g/mol. The van der Waals surface area contributed by atoms with Gasteiger partial charge >= 0.3 is 5.97 Å². The molecule has 5 heteroatoms. The summed E-state index contributed by atoms with van der Waals surface area (Å²) in [4.78, 5) is 24.7. The highest BCUT2D eigenvalue weighted by Crippen LogP contribution is 2.33. The van der Waals surface area contributed by atoms with Gasteiger partial charge in [0.05, 0.1) is 6.61 Å². The molecule has 5 nitrogen and oxygen atoms in total. The van der Waals surface area contributed by atoms with Crippen LogP contribution in [0.2, 0.25) is 0 Å². The number of esters is 1. The number of hydrogen-bond acceptors (Lipinski definition) is 5. The fourth-order valence-electron chi connectivity index (χ4n) is 3.06. The number of aliphatic hydroxyl groups is 2. The molecule has 1 aliphatic carbocycles. The normalized spacial score (nSPS) is 30.9. The zero-order chi connectivity index (χ0) is 22.9. The lowest BCUT2D eigenvalue weighted by Crippen LogP contribution is -2.39. The first-order chi connectivity index (χ1) is 13.9. The van der Waals surface area contributed by atoms with Crippen LogP contribution in [-0.4, -0.2) is 40.3 Å². The van der Waals surface area contributed by atoms with Crippen molar-refractivity contribution in [3.8, 4) is 0 Å². The van der Waals surface area contributed by atoms with Crippen LogP contribution in [0.25, 0.3) is 0 Å². The summed E-state index contributed by atoms with van der Waals surface area (Å²) in [6.45, 7) is 10.8. The Morgan fingerprint density at radius 2 is 1.87 bits per heavy atom. The molecule has 0 saturated carbocycles. The summed E-state index contributed by atoms with van der Waals surface area (Å²) in [6, 6.07) is 0. The van der Waals surface area contributed by atoms with Crippen molar-refractivity contribution in [2.75, 3.05) is 6.61 Å². The van der Waals surface area contributed by atoms with Crippen LogP contribution in [-0.2, 0) is 14.3 Å². The minimum Gasteiger partial charge on any atom is -0.452 e. The van der Waals surface area contributed by atoms with Crippen LogP contribution < -0.4 is 0 Å². The number of carbonyl (C=O) groups excluding carboxylic acids is 2. The van der Waals surface area contributed by atoms with E-state index >= 15 is 0 Å². The molecule has 2 N–H and O–H groups in total. The number of ether oxygens (including phenoxy) is 1. The van der Waals surface area contributed by atoms with Gasteiger partial charge in [-0.25, -0.2) is 4.79 Å². The maximum absolute atomic E-state index is 12.5. The predicted molar refractivity (Wildman–Crippen MR) is 120 cm³/mol. The Morgan fingerprint density at radius 3 is 2.43 bits per heavy atom. The van der Waals surface area contributed by atoms with Crippen molar-refractivity contribution < 1.29 is 24.5 Å². The number of carbonyl (C=O) groups is 2. The summed E-state index contributed by atoms with van der Waals surface area (Å²) < 4.78 is 5.52. The summed E-state index contributed by atoms with van der Waals surface area (Å²) >= 11 is 0. The smallest absolute Gasteiger partial charge is 0.331 e. The summed E-state index contributed by atoms with van der Waals surface area (Å²) in [7, 11) is 0. The van der Waals surface area contributed by atoms with E-state index in [0.717, 1.165) is 18.4 Å². The van der Waals surface area contributed by atoms with Gasteiger partial charge in [0.25, 0.3) is 0 Å². The Labute approximate surface area is 180 Å². The molecule has 166 valence electrons. The molecule has 0 aromatic heterocycles. The van der Waals surface area contributed by atoms with Gasteiger partial charge < -0.3 is 14.9 Å². The van der Waals surface area contributed by atoms with Gasteiger partial charge in [0.1, 0.15) is 5.60 Å². The van der Waals surface area contributed by atoms with Crippen molar-refractivity contribution in [3.05, 3.63) is 59.3 Å². The molecule has 1 rings (SSSR count). The van der Waals surface area contributed by atoms with Crippen LogP contribution in [0.3, 0.4) is 0 Å². The maximum atomic E-state index is 12.5. The second-order valence-corrected chi connectivity index (χ2v) is 8.93. The lowest BCUT2D eigenvalue weighted by molar-refractivity contribution is -0.148. The summed E-state index contributed by atoms with van der Waals surface area (Å²) in [5.41, 5.74) is 0.344. The molecule has 0 radical (unpaired) electrons. The molecule has 0 saturated heterocycles. The second kappa shape index (κ2) is 11.2. The standard InChI is InChI=1S/C25H36O5/c1-18(2)8-7-12-24(5)13-9-20(17-26)21(27)10-15-25(6,29)22(11-14-24)30-23(28)16-19(3)4/h8-11,14-16,22,26,29H,7,12-13,17H2,1-6H3/b14-11-,15-10-,20-9-/t22-,24-,25+/m0/s1. The molecule has 0 heterocycles. The monoisotopic (exact) mass is 416 g/mol. The average Bonchev–Trinajstić information content (AvgIpc) is 2.63. The Hall–Kier alpha value is -2.24. The van der Waals surface area contributed by atoms with Crippen LogP contribution in [0.1, 0.15) is 60.8 Å². The second-order valence-electron chi connectivity index (χ2n) is 8.93. The summed E-state index contributed by atoms with van der Waals surface area (Å²) in [5.74, 6) is -0.930. The van der Waals surface area contributed by atoms with Crippen molar-refractivity contribution in [1.29, 1.82) is 0 Å². The van der Waals surface area contributed by atoms with E-state index in [9.17, 15) is 19.8 Å². The first kappa shape index (κ1) is 25.8. The molecule has 30 heavy (non-hydrogen) atoms. The average molecular weight is 417 g/mol. The first-order valence-corrected chi connectivity index (χ1v) is 10.3. The fourth-order valence-corrected chi connectivity index (χ4v) is 3.06. The van der Waals surface area contributed by atoms with E-state index in [1.807, 2.05) is 26.8 Å². The molecule has 0 fully saturated rings. The Balaban J connectivity index is 3.38. The molecule has 0 aliphatic heterocycles. The SMILES string of the molecule is CC(C)=CCC[C@]1(C)/C=C\[C@H](OC(=O)C=C(C)C)[C@](C)(O)/C=C\C(=O)/C(CO)=C\C1. The van der Waals surface area contributed by atoms with Crippen LogP contribution in [0.15, 0.2) is 59.3 Å². The van der Waals surface area contributed by atoms with Crippen molar-refractivity contribution in [2.24, 2.45) is 5.41 Å². The van der Waals surface area contributed by atoms with Crippen LogP contribution in [0.5, 0.6) is 0 Å². The number of aliphatic hydroxyl groups excluding tert-OH is 1. The lowest BCUT2D eigenvalue weighted by Gasteiger charge is -2.29. The number of hydrogen-bond donors (Lipinski definition) is 2. The summed E-state index contributed by atoms with van der Waals surface area (Å²) in [6.07, 6.45) is 12.7. The largest absolute Gasteiger partial charge is 0.452 e. The Bertz CT molecular complexity index is 771. The van der Waals surface area contributed by atoms with Crippen molar-refractivity contribution in [2.45, 2.75) is 72.5 Å². The van der Waals surface area contributed by atoms with E-state index in [2.05, 4.69) is 6.08 Å². The van der Waals surface area contributed by atoms with E-state index < -0.39 is 17.7 Å². The van der Waals surface area contributed by atoms with Gasteiger partial charge in [-0.05, 0) is 77.5 Å². The van der Waals surface area contributed by atoms with E-state index in [0.29, 0.717) is 6.42 Å². The third-order valence-electron chi connectivity index (χ3n) is 5.04. The van der Waals surface area contributed by atoms with Gasteiger partial charge in [-0.15, -0.1) is 0 Å². The topological polar surface area (TPSA) is 83.8 Å². The van der Waals surface area contributed by atoms with Gasteiger partial charge in [0, 0.05) is 11.6 Å². The third-order valence-corrected chi connectivity index (χ3v) is 5.04. The zero-order valence-electron chi connectivity index (χ0n) is 19.1. The molecule has 0 unspecified atom stereocenters. The zero-order valence-corrected chi connectivity index (χ0v) is 19.1. The summed E-state index contributed by atoms with van der Waals surface area (Å²) in [5, 5.41) is 20.6. The molecule has 3 atom stereocenters. The number of ketones is 1. The van der Waals surface area contributed by atoms with Gasteiger partial charge in [-0.3, -0.25) is 4.79 Å². The van der Waals surface area contributed by atoms with Crippen LogP contribution >= 0.6 is 0 Å². The molecule has 0 spiro atoms. The molecule has 0 bridgehead atoms. The lowest BCUT2D eigenvalue weighted by atomic mass is 9.80. The van der Waals surface area contributed by atoms with Gasteiger partial charge in [-0.1, -0.05) is 36.3 Å². The van der Waals surface area contributed by atoms with E-state index in [-0.39, 0.29) is 23.4 Å². The van der Waals surface area contributed by atoms with Crippen LogP contribution in [0.4, 0.5) is 0 Å². The highest BCUT2D eigenvalue weighted by atomic mass is 16.6. The highest BCUT2D eigenvalue weighted by molar-refractivity contribution is 6.04. The number of rotatable bonds is 6.